The predicted molar refractivity (Wildman–Crippen MR) is 117 cm³/mol. The van der Waals surface area contributed by atoms with Crippen LogP contribution >= 0.6 is 0 Å². The van der Waals surface area contributed by atoms with Gasteiger partial charge in [-0.3, -0.25) is 14.3 Å². The van der Waals surface area contributed by atoms with Crippen molar-refractivity contribution in [3.8, 4) is 0 Å². The van der Waals surface area contributed by atoms with Crippen molar-refractivity contribution in [1.82, 2.24) is 24.6 Å². The molecule has 0 spiro atoms. The van der Waals surface area contributed by atoms with Crippen LogP contribution in [-0.4, -0.2) is 63.9 Å². The van der Waals surface area contributed by atoms with E-state index in [0.29, 0.717) is 13.1 Å². The van der Waals surface area contributed by atoms with E-state index in [-0.39, 0.29) is 24.2 Å². The maximum Gasteiger partial charge on any atom is 0.346 e. The van der Waals surface area contributed by atoms with Crippen molar-refractivity contribution in [3.63, 3.8) is 0 Å². The summed E-state index contributed by atoms with van der Waals surface area (Å²) in [7, 11) is 0. The minimum atomic E-state index is -0.160. The number of carbonyl (C=O) groups is 1. The number of aromatic nitrogens is 3. The van der Waals surface area contributed by atoms with Crippen LogP contribution in [0.5, 0.6) is 0 Å². The van der Waals surface area contributed by atoms with Crippen LogP contribution < -0.4 is 15.9 Å². The summed E-state index contributed by atoms with van der Waals surface area (Å²) in [5.74, 6) is 0.662. The zero-order chi connectivity index (χ0) is 20.9. The molecule has 1 saturated heterocycles. The van der Waals surface area contributed by atoms with Gasteiger partial charge in [-0.2, -0.15) is 5.10 Å². The number of benzene rings is 1. The molecular weight excluding hydrogens is 380 g/mol. The van der Waals surface area contributed by atoms with E-state index in [4.69, 9.17) is 0 Å². The van der Waals surface area contributed by atoms with E-state index in [1.165, 1.54) is 10.4 Å². The zero-order valence-electron chi connectivity index (χ0n) is 17.8. The standard InChI is InChI=1S/C22H32N6O2/c1-18(25-12-14-26(15-13-25)19-8-4-2-5-9-19)16-23-21(29)17-28-22(30)27-11-7-3-6-10-20(27)24-28/h2,4-5,8-9,18H,3,6-7,10-17H2,1H3,(H,23,29). The second-order valence-corrected chi connectivity index (χ2v) is 8.33. The van der Waals surface area contributed by atoms with Gasteiger partial charge in [0.2, 0.25) is 5.91 Å². The van der Waals surface area contributed by atoms with Crippen molar-refractivity contribution < 1.29 is 4.79 Å². The van der Waals surface area contributed by atoms with Gasteiger partial charge < -0.3 is 10.2 Å². The first kappa shape index (κ1) is 20.7. The third-order valence-corrected chi connectivity index (χ3v) is 6.23. The summed E-state index contributed by atoms with van der Waals surface area (Å²) in [4.78, 5) is 29.7. The molecule has 0 aliphatic carbocycles. The molecule has 1 aromatic carbocycles. The van der Waals surface area contributed by atoms with Gasteiger partial charge in [-0.05, 0) is 31.9 Å². The molecule has 1 amide bonds. The van der Waals surface area contributed by atoms with Crippen molar-refractivity contribution in [1.29, 1.82) is 0 Å². The molecule has 0 bridgehead atoms. The van der Waals surface area contributed by atoms with Gasteiger partial charge in [-0.1, -0.05) is 24.6 Å². The van der Waals surface area contributed by atoms with E-state index in [2.05, 4.69) is 51.4 Å². The molecule has 2 aromatic rings. The van der Waals surface area contributed by atoms with Gasteiger partial charge >= 0.3 is 5.69 Å². The fourth-order valence-electron chi connectivity index (χ4n) is 4.37. The second-order valence-electron chi connectivity index (χ2n) is 8.33. The van der Waals surface area contributed by atoms with Crippen LogP contribution in [0.25, 0.3) is 0 Å². The Labute approximate surface area is 177 Å². The Balaban J connectivity index is 1.24. The summed E-state index contributed by atoms with van der Waals surface area (Å²) < 4.78 is 3.05. The zero-order valence-corrected chi connectivity index (χ0v) is 17.8. The lowest BCUT2D eigenvalue weighted by molar-refractivity contribution is -0.122. The summed E-state index contributed by atoms with van der Waals surface area (Å²) in [5.41, 5.74) is 1.11. The first-order chi connectivity index (χ1) is 14.6. The minimum Gasteiger partial charge on any atom is -0.369 e. The third-order valence-electron chi connectivity index (χ3n) is 6.23. The number of anilines is 1. The van der Waals surface area contributed by atoms with Crippen molar-refractivity contribution in [3.05, 3.63) is 46.6 Å². The molecule has 1 fully saturated rings. The monoisotopic (exact) mass is 412 g/mol. The second kappa shape index (κ2) is 9.47. The number of carbonyl (C=O) groups excluding carboxylic acids is 1. The summed E-state index contributed by atoms with van der Waals surface area (Å²) in [6, 6.07) is 10.7. The maximum absolute atomic E-state index is 12.5. The summed E-state index contributed by atoms with van der Waals surface area (Å²) >= 11 is 0. The molecule has 8 heteroatoms. The number of amides is 1. The van der Waals surface area contributed by atoms with Gasteiger partial charge in [0.25, 0.3) is 0 Å². The number of nitrogens with zero attached hydrogens (tertiary/aromatic N) is 5. The highest BCUT2D eigenvalue weighted by Crippen LogP contribution is 2.16. The predicted octanol–water partition coefficient (Wildman–Crippen LogP) is 1.10. The van der Waals surface area contributed by atoms with E-state index in [1.807, 2.05) is 6.07 Å². The molecule has 8 nitrogen and oxygen atoms in total. The smallest absolute Gasteiger partial charge is 0.346 e. The van der Waals surface area contributed by atoms with Gasteiger partial charge in [0.1, 0.15) is 12.4 Å². The lowest BCUT2D eigenvalue weighted by Gasteiger charge is -2.39. The van der Waals surface area contributed by atoms with Crippen molar-refractivity contribution in [2.45, 2.75) is 51.7 Å². The minimum absolute atomic E-state index is 0.00661. The van der Waals surface area contributed by atoms with Gasteiger partial charge in [0.15, 0.2) is 0 Å². The normalized spacial score (nSPS) is 18.5. The van der Waals surface area contributed by atoms with E-state index < -0.39 is 0 Å². The molecule has 1 unspecified atom stereocenters. The van der Waals surface area contributed by atoms with E-state index in [9.17, 15) is 9.59 Å². The number of rotatable bonds is 6. The lowest BCUT2D eigenvalue weighted by Crippen LogP contribution is -2.52. The number of nitrogens with one attached hydrogen (secondary N) is 1. The molecule has 1 aromatic heterocycles. The Morgan fingerprint density at radius 1 is 1.07 bits per heavy atom. The maximum atomic E-state index is 12.5. The molecule has 4 rings (SSSR count). The molecule has 162 valence electrons. The van der Waals surface area contributed by atoms with Gasteiger partial charge in [-0.15, -0.1) is 0 Å². The third kappa shape index (κ3) is 4.75. The molecule has 2 aliphatic heterocycles. The Kier molecular flexibility index (Phi) is 6.52. The molecule has 0 saturated carbocycles. The molecule has 2 aliphatic rings. The Morgan fingerprint density at radius 2 is 1.83 bits per heavy atom. The fourth-order valence-corrected chi connectivity index (χ4v) is 4.37. The Bertz CT molecular complexity index is 898. The van der Waals surface area contributed by atoms with Gasteiger partial charge in [-0.25, -0.2) is 9.48 Å². The van der Waals surface area contributed by atoms with E-state index in [1.54, 1.807) is 4.57 Å². The fraction of sp³-hybridized carbons (Fsp3) is 0.591. The van der Waals surface area contributed by atoms with Crippen LogP contribution in [0.1, 0.15) is 32.0 Å². The summed E-state index contributed by atoms with van der Waals surface area (Å²) in [5, 5.41) is 7.38. The Hall–Kier alpha value is -2.61. The first-order valence-corrected chi connectivity index (χ1v) is 11.1. The average molecular weight is 413 g/mol. The van der Waals surface area contributed by atoms with Crippen LogP contribution in [0.15, 0.2) is 35.1 Å². The number of hydrogen-bond donors (Lipinski definition) is 1. The summed E-state index contributed by atoms with van der Waals surface area (Å²) in [6.45, 7) is 7.33. The highest BCUT2D eigenvalue weighted by atomic mass is 16.2. The average Bonchev–Trinajstić information content (AvgIpc) is 2.94. The Morgan fingerprint density at radius 3 is 2.60 bits per heavy atom. The van der Waals surface area contributed by atoms with Crippen LogP contribution in [0.2, 0.25) is 0 Å². The quantitative estimate of drug-likeness (QED) is 0.769. The van der Waals surface area contributed by atoms with E-state index in [0.717, 1.165) is 57.7 Å². The number of hydrogen-bond acceptors (Lipinski definition) is 5. The highest BCUT2D eigenvalue weighted by Gasteiger charge is 2.22. The largest absolute Gasteiger partial charge is 0.369 e. The number of aryl methyl sites for hydroxylation is 1. The van der Waals surface area contributed by atoms with Crippen LogP contribution in [0, 0.1) is 0 Å². The van der Waals surface area contributed by atoms with Gasteiger partial charge in [0, 0.05) is 57.4 Å². The van der Waals surface area contributed by atoms with Crippen LogP contribution in [0.3, 0.4) is 0 Å². The highest BCUT2D eigenvalue weighted by molar-refractivity contribution is 5.75. The summed E-state index contributed by atoms with van der Waals surface area (Å²) in [6.07, 6.45) is 3.99. The van der Waals surface area contributed by atoms with Crippen molar-refractivity contribution in [2.75, 3.05) is 37.6 Å². The molecule has 30 heavy (non-hydrogen) atoms. The topological polar surface area (TPSA) is 75.4 Å². The van der Waals surface area contributed by atoms with Crippen molar-refractivity contribution >= 4 is 11.6 Å². The van der Waals surface area contributed by atoms with Crippen LogP contribution in [0.4, 0.5) is 5.69 Å². The van der Waals surface area contributed by atoms with E-state index >= 15 is 0 Å². The van der Waals surface area contributed by atoms with Crippen molar-refractivity contribution in [2.24, 2.45) is 0 Å². The number of piperazine rings is 1. The molecule has 1 atom stereocenters. The number of para-hydroxylation sites is 1. The SMILES string of the molecule is CC(CNC(=O)Cn1nc2n(c1=O)CCCCC2)N1CCN(c2ccccc2)CC1. The number of fused-ring (bicyclic) bond motifs is 1. The molecular formula is C22H32N6O2. The molecule has 0 radical (unpaired) electrons. The van der Waals surface area contributed by atoms with Crippen LogP contribution in [-0.2, 0) is 24.3 Å². The van der Waals surface area contributed by atoms with Gasteiger partial charge in [0.05, 0.1) is 0 Å². The first-order valence-electron chi connectivity index (χ1n) is 11.1. The molecule has 3 heterocycles. The lowest BCUT2D eigenvalue weighted by atomic mass is 10.2. The molecule has 1 N–H and O–H groups in total.